The summed E-state index contributed by atoms with van der Waals surface area (Å²) in [5.41, 5.74) is -0.206. The molecule has 2 heterocycles. The van der Waals surface area contributed by atoms with Crippen LogP contribution in [0.4, 0.5) is 0 Å². The third-order valence-corrected chi connectivity index (χ3v) is 3.91. The van der Waals surface area contributed by atoms with E-state index in [2.05, 4.69) is 5.10 Å². The number of rotatable bonds is 4. The molecule has 0 atom stereocenters. The van der Waals surface area contributed by atoms with Gasteiger partial charge in [0.15, 0.2) is 4.90 Å². The minimum Gasteiger partial charge on any atom is -0.293 e. The number of aryl methyl sites for hydroxylation is 2. The zero-order valence-electron chi connectivity index (χ0n) is 11.5. The van der Waals surface area contributed by atoms with Crippen LogP contribution in [0.1, 0.15) is 18.3 Å². The van der Waals surface area contributed by atoms with Gasteiger partial charge in [0.25, 0.3) is 5.56 Å². The molecule has 0 saturated heterocycles. The topological polar surface area (TPSA) is 133 Å². The molecule has 0 aromatic carbocycles. The average Bonchev–Trinajstić information content (AvgIpc) is 2.72. The molecule has 0 radical (unpaired) electrons. The van der Waals surface area contributed by atoms with Crippen molar-refractivity contribution in [2.45, 2.75) is 24.8 Å². The molecule has 10 heteroatoms. The van der Waals surface area contributed by atoms with Crippen molar-refractivity contribution in [3.05, 3.63) is 44.5 Å². The van der Waals surface area contributed by atoms with Crippen LogP contribution in [0.25, 0.3) is 0 Å². The van der Waals surface area contributed by atoms with Crippen LogP contribution in [-0.4, -0.2) is 27.7 Å². The van der Waals surface area contributed by atoms with Gasteiger partial charge in [-0.3, -0.25) is 19.0 Å². The third kappa shape index (κ3) is 3.11. The summed E-state index contributed by atoms with van der Waals surface area (Å²) in [5.74, 6) is 0. The van der Waals surface area contributed by atoms with Gasteiger partial charge in [-0.2, -0.15) is 5.10 Å². The number of H-pyrrole nitrogens is 1. The van der Waals surface area contributed by atoms with Gasteiger partial charge in [0.2, 0.25) is 10.0 Å². The Kier molecular flexibility index (Phi) is 3.83. The van der Waals surface area contributed by atoms with E-state index in [1.54, 1.807) is 17.8 Å². The minimum absolute atomic E-state index is 0.0711. The number of primary sulfonamides is 1. The van der Waals surface area contributed by atoms with Crippen LogP contribution in [0.2, 0.25) is 0 Å². The fraction of sp³-hybridized carbons (Fsp3) is 0.364. The number of nitrogens with two attached hydrogens (primary N) is 1. The first-order valence-corrected chi connectivity index (χ1v) is 7.65. The van der Waals surface area contributed by atoms with Gasteiger partial charge in [0, 0.05) is 13.2 Å². The second-order valence-electron chi connectivity index (χ2n) is 4.53. The summed E-state index contributed by atoms with van der Waals surface area (Å²) in [4.78, 5) is 24.5. The predicted molar refractivity (Wildman–Crippen MR) is 74.4 cm³/mol. The molecule has 0 saturated carbocycles. The summed E-state index contributed by atoms with van der Waals surface area (Å²) < 4.78 is 25.3. The molecule has 9 nitrogen and oxygen atoms in total. The molecule has 0 fully saturated rings. The van der Waals surface area contributed by atoms with E-state index in [-0.39, 0.29) is 6.54 Å². The maximum absolute atomic E-state index is 11.8. The molecule has 0 amide bonds. The van der Waals surface area contributed by atoms with Crippen LogP contribution >= 0.6 is 0 Å². The Hall–Kier alpha value is -2.20. The van der Waals surface area contributed by atoms with E-state index in [4.69, 9.17) is 5.14 Å². The molecule has 0 aliphatic rings. The first kappa shape index (κ1) is 15.2. The molecule has 0 aliphatic heterocycles. The van der Waals surface area contributed by atoms with Crippen LogP contribution in [0.3, 0.4) is 0 Å². The smallest absolute Gasteiger partial charge is 0.293 e. The molecule has 0 bridgehead atoms. The molecule has 0 aliphatic carbocycles. The van der Waals surface area contributed by atoms with E-state index >= 15 is 0 Å². The predicted octanol–water partition coefficient (Wildman–Crippen LogP) is -1.47. The normalized spacial score (nSPS) is 11.8. The molecule has 2 aromatic heterocycles. The number of hydrogen-bond donors (Lipinski definition) is 2. The molecule has 0 unspecified atom stereocenters. The van der Waals surface area contributed by atoms with Gasteiger partial charge in [-0.15, -0.1) is 0 Å². The number of nitrogens with one attached hydrogen (secondary N) is 1. The molecule has 3 N–H and O–H groups in total. The van der Waals surface area contributed by atoms with Gasteiger partial charge in [0.05, 0.1) is 17.9 Å². The fourth-order valence-electron chi connectivity index (χ4n) is 1.88. The van der Waals surface area contributed by atoms with E-state index in [0.717, 1.165) is 22.9 Å². The lowest BCUT2D eigenvalue weighted by Crippen LogP contribution is -2.35. The lowest BCUT2D eigenvalue weighted by atomic mass is 10.3. The monoisotopic (exact) mass is 313 g/mol. The molecule has 2 rings (SSSR count). The van der Waals surface area contributed by atoms with Crippen LogP contribution < -0.4 is 16.4 Å². The molecular formula is C11H15N5O4S. The summed E-state index contributed by atoms with van der Waals surface area (Å²) in [6.07, 6.45) is 1.67. The zero-order valence-corrected chi connectivity index (χ0v) is 12.3. The van der Waals surface area contributed by atoms with Crippen molar-refractivity contribution in [2.24, 2.45) is 12.2 Å². The maximum atomic E-state index is 11.8. The lowest BCUT2D eigenvalue weighted by molar-refractivity contribution is 0.588. The summed E-state index contributed by atoms with van der Waals surface area (Å²) in [7, 11) is -2.49. The van der Waals surface area contributed by atoms with Crippen LogP contribution in [0.5, 0.6) is 0 Å². The van der Waals surface area contributed by atoms with Gasteiger partial charge >= 0.3 is 5.69 Å². The van der Waals surface area contributed by atoms with E-state index in [9.17, 15) is 18.0 Å². The Morgan fingerprint density at radius 2 is 2.05 bits per heavy atom. The van der Waals surface area contributed by atoms with Gasteiger partial charge < -0.3 is 0 Å². The van der Waals surface area contributed by atoms with Gasteiger partial charge in [0.1, 0.15) is 0 Å². The highest BCUT2D eigenvalue weighted by Crippen LogP contribution is 2.06. The van der Waals surface area contributed by atoms with Gasteiger partial charge in [-0.05, 0) is 12.5 Å². The van der Waals surface area contributed by atoms with E-state index in [0.29, 0.717) is 5.69 Å². The van der Waals surface area contributed by atoms with Crippen molar-refractivity contribution in [3.63, 3.8) is 0 Å². The van der Waals surface area contributed by atoms with Crippen LogP contribution in [0, 0.1) is 0 Å². The molecular weight excluding hydrogens is 298 g/mol. The molecule has 114 valence electrons. The SMILES string of the molecule is CCc1cc(Cn2cc(S(N)(=O)=O)c(=O)[nH]c2=O)n(C)n1. The van der Waals surface area contributed by atoms with Crippen molar-refractivity contribution in [3.8, 4) is 0 Å². The van der Waals surface area contributed by atoms with Crippen LogP contribution in [0.15, 0.2) is 26.7 Å². The first-order chi connectivity index (χ1) is 9.72. The highest BCUT2D eigenvalue weighted by atomic mass is 32.2. The Labute approximate surface area is 120 Å². The van der Waals surface area contributed by atoms with Crippen molar-refractivity contribution < 1.29 is 8.42 Å². The largest absolute Gasteiger partial charge is 0.328 e. The van der Waals surface area contributed by atoms with Crippen molar-refractivity contribution in [1.82, 2.24) is 19.3 Å². The van der Waals surface area contributed by atoms with Gasteiger partial charge in [-0.25, -0.2) is 18.4 Å². The number of nitrogens with zero attached hydrogens (tertiary/aromatic N) is 3. The zero-order chi connectivity index (χ0) is 15.8. The molecule has 0 spiro atoms. The van der Waals surface area contributed by atoms with Crippen LogP contribution in [-0.2, 0) is 30.0 Å². The fourth-order valence-corrected chi connectivity index (χ4v) is 2.46. The van der Waals surface area contributed by atoms with Crippen molar-refractivity contribution in [1.29, 1.82) is 0 Å². The third-order valence-electron chi connectivity index (χ3n) is 3.01. The number of aromatic nitrogens is 4. The summed E-state index contributed by atoms with van der Waals surface area (Å²) in [5, 5.41) is 9.17. The quantitative estimate of drug-likeness (QED) is 0.711. The highest BCUT2D eigenvalue weighted by molar-refractivity contribution is 7.89. The summed E-state index contributed by atoms with van der Waals surface area (Å²) >= 11 is 0. The standard InChI is InChI=1S/C11H15N5O4S/c1-3-7-4-8(15(2)14-7)5-16-6-9(21(12,19)20)10(17)13-11(16)18/h4,6H,3,5H2,1-2H3,(H2,12,19,20)(H,13,17,18). The average molecular weight is 313 g/mol. The molecule has 21 heavy (non-hydrogen) atoms. The van der Waals surface area contributed by atoms with E-state index in [1.807, 2.05) is 11.9 Å². The second-order valence-corrected chi connectivity index (χ2v) is 6.06. The highest BCUT2D eigenvalue weighted by Gasteiger charge is 2.16. The summed E-state index contributed by atoms with van der Waals surface area (Å²) in [6, 6.07) is 1.80. The Balaban J connectivity index is 2.52. The maximum Gasteiger partial charge on any atom is 0.328 e. The van der Waals surface area contributed by atoms with Crippen molar-refractivity contribution in [2.75, 3.05) is 0 Å². The van der Waals surface area contributed by atoms with Crippen molar-refractivity contribution >= 4 is 10.0 Å². The van der Waals surface area contributed by atoms with E-state index in [1.165, 1.54) is 0 Å². The number of sulfonamides is 1. The van der Waals surface area contributed by atoms with Gasteiger partial charge in [-0.1, -0.05) is 6.92 Å². The number of aromatic amines is 1. The van der Waals surface area contributed by atoms with E-state index < -0.39 is 26.2 Å². The second kappa shape index (κ2) is 5.30. The Morgan fingerprint density at radius 3 is 2.57 bits per heavy atom. The lowest BCUT2D eigenvalue weighted by Gasteiger charge is -2.06. The molecule has 2 aromatic rings. The summed E-state index contributed by atoms with van der Waals surface area (Å²) in [6.45, 7) is 2.01. The Bertz CT molecular complexity index is 890. The number of hydrogen-bond acceptors (Lipinski definition) is 5. The Morgan fingerprint density at radius 1 is 1.38 bits per heavy atom. The minimum atomic E-state index is -4.20. The first-order valence-electron chi connectivity index (χ1n) is 6.10.